The van der Waals surface area contributed by atoms with Crippen molar-refractivity contribution in [1.29, 1.82) is 0 Å². The van der Waals surface area contributed by atoms with Gasteiger partial charge in [0.15, 0.2) is 0 Å². The Morgan fingerprint density at radius 3 is 2.61 bits per heavy atom. The number of carboxylic acid groups (broad SMARTS) is 1. The molecule has 0 spiro atoms. The number of rotatable bonds is 6. The molecule has 0 saturated carbocycles. The Labute approximate surface area is 166 Å². The number of benzene rings is 1. The molecule has 28 heavy (non-hydrogen) atoms. The summed E-state index contributed by atoms with van der Waals surface area (Å²) >= 11 is 0. The highest BCUT2D eigenvalue weighted by molar-refractivity contribution is 6.75. The molecule has 0 amide bonds. The van der Waals surface area contributed by atoms with Crippen LogP contribution in [0.3, 0.4) is 0 Å². The van der Waals surface area contributed by atoms with Gasteiger partial charge >= 0.3 is 5.97 Å². The van der Waals surface area contributed by atoms with Gasteiger partial charge in [-0.15, -0.1) is 0 Å². The SMILES string of the molecule is Cc1ccc(C)c(-n2nc(C[Si](C)(C)C)cc2Nc2ncccc2C(=O)O)c1. The van der Waals surface area contributed by atoms with Crippen LogP contribution in [0.2, 0.25) is 19.6 Å². The van der Waals surface area contributed by atoms with E-state index in [4.69, 9.17) is 5.10 Å². The first-order chi connectivity index (χ1) is 13.1. The van der Waals surface area contributed by atoms with Crippen molar-refractivity contribution in [2.75, 3.05) is 5.32 Å². The number of carbonyl (C=O) groups is 1. The lowest BCUT2D eigenvalue weighted by Crippen LogP contribution is -2.24. The van der Waals surface area contributed by atoms with Gasteiger partial charge < -0.3 is 10.4 Å². The van der Waals surface area contributed by atoms with Crippen LogP contribution in [0.4, 0.5) is 11.6 Å². The van der Waals surface area contributed by atoms with Crippen LogP contribution in [0.15, 0.2) is 42.6 Å². The van der Waals surface area contributed by atoms with Crippen LogP contribution in [-0.4, -0.2) is 33.9 Å². The second-order valence-corrected chi connectivity index (χ2v) is 13.8. The molecule has 2 aromatic heterocycles. The second kappa shape index (κ2) is 7.59. The Balaban J connectivity index is 2.11. The van der Waals surface area contributed by atoms with Crippen molar-refractivity contribution in [2.45, 2.75) is 39.5 Å². The highest BCUT2D eigenvalue weighted by Gasteiger charge is 2.20. The van der Waals surface area contributed by atoms with Gasteiger partial charge in [-0.25, -0.2) is 14.5 Å². The van der Waals surface area contributed by atoms with Crippen molar-refractivity contribution in [3.8, 4) is 5.69 Å². The monoisotopic (exact) mass is 394 g/mol. The molecule has 0 aliphatic heterocycles. The van der Waals surface area contributed by atoms with Crippen LogP contribution in [0.1, 0.15) is 27.2 Å². The van der Waals surface area contributed by atoms with Gasteiger partial charge in [0.1, 0.15) is 17.2 Å². The highest BCUT2D eigenvalue weighted by atomic mass is 28.3. The maximum absolute atomic E-state index is 11.6. The van der Waals surface area contributed by atoms with E-state index in [2.05, 4.69) is 48.1 Å². The molecule has 0 fully saturated rings. The lowest BCUT2D eigenvalue weighted by atomic mass is 10.1. The summed E-state index contributed by atoms with van der Waals surface area (Å²) in [6, 6.07) is 12.3. The molecule has 7 heteroatoms. The number of pyridine rings is 1. The summed E-state index contributed by atoms with van der Waals surface area (Å²) in [7, 11) is -1.37. The Morgan fingerprint density at radius 2 is 1.93 bits per heavy atom. The van der Waals surface area contributed by atoms with Crippen molar-refractivity contribution in [1.82, 2.24) is 14.8 Å². The molecule has 0 aliphatic rings. The minimum Gasteiger partial charge on any atom is -0.478 e. The molecular weight excluding hydrogens is 368 g/mol. The number of aromatic nitrogens is 3. The largest absolute Gasteiger partial charge is 0.478 e. The molecule has 3 rings (SSSR count). The molecule has 6 nitrogen and oxygen atoms in total. The van der Waals surface area contributed by atoms with E-state index >= 15 is 0 Å². The van der Waals surface area contributed by atoms with Crippen LogP contribution in [-0.2, 0) is 6.04 Å². The number of aryl methyl sites for hydroxylation is 2. The summed E-state index contributed by atoms with van der Waals surface area (Å²) < 4.78 is 1.86. The van der Waals surface area contributed by atoms with Gasteiger partial charge in [-0.2, -0.15) is 5.10 Å². The number of anilines is 2. The topological polar surface area (TPSA) is 80.0 Å². The number of aromatic carboxylic acids is 1. The smallest absolute Gasteiger partial charge is 0.339 e. The van der Waals surface area contributed by atoms with Crippen LogP contribution in [0.5, 0.6) is 0 Å². The van der Waals surface area contributed by atoms with E-state index in [1.165, 1.54) is 0 Å². The minimum absolute atomic E-state index is 0.128. The zero-order chi connectivity index (χ0) is 20.5. The Morgan fingerprint density at radius 1 is 1.18 bits per heavy atom. The summed E-state index contributed by atoms with van der Waals surface area (Å²) in [4.78, 5) is 15.8. The average Bonchev–Trinajstić information content (AvgIpc) is 2.97. The van der Waals surface area contributed by atoms with Gasteiger partial charge in [-0.1, -0.05) is 31.8 Å². The molecule has 1 aromatic carbocycles. The second-order valence-electron chi connectivity index (χ2n) is 8.29. The van der Waals surface area contributed by atoms with Crippen LogP contribution >= 0.6 is 0 Å². The van der Waals surface area contributed by atoms with Gasteiger partial charge in [0.25, 0.3) is 0 Å². The molecule has 3 aromatic rings. The lowest BCUT2D eigenvalue weighted by molar-refractivity contribution is 0.0697. The molecule has 146 valence electrons. The number of nitrogens with zero attached hydrogens (tertiary/aromatic N) is 3. The number of carboxylic acids is 1. The van der Waals surface area contributed by atoms with E-state index in [0.717, 1.165) is 28.6 Å². The van der Waals surface area contributed by atoms with Gasteiger partial charge in [0.05, 0.1) is 19.5 Å². The highest BCUT2D eigenvalue weighted by Crippen LogP contribution is 2.26. The van der Waals surface area contributed by atoms with Gasteiger partial charge in [0.2, 0.25) is 0 Å². The Bertz CT molecular complexity index is 1020. The Hall–Kier alpha value is -2.93. The molecule has 0 atom stereocenters. The third kappa shape index (κ3) is 4.48. The van der Waals surface area contributed by atoms with E-state index in [-0.39, 0.29) is 5.56 Å². The predicted octanol–water partition coefficient (Wildman–Crippen LogP) is 4.75. The summed E-state index contributed by atoms with van der Waals surface area (Å²) in [6.45, 7) is 11.0. The fraction of sp³-hybridized carbons (Fsp3) is 0.286. The Kier molecular flexibility index (Phi) is 5.37. The first kappa shape index (κ1) is 19.8. The minimum atomic E-state index is -1.37. The zero-order valence-electron chi connectivity index (χ0n) is 16.9. The third-order valence-electron chi connectivity index (χ3n) is 4.35. The number of nitrogens with one attached hydrogen (secondary N) is 1. The van der Waals surface area contributed by atoms with Crippen molar-refractivity contribution >= 4 is 25.7 Å². The van der Waals surface area contributed by atoms with Gasteiger partial charge in [-0.05, 0) is 49.2 Å². The zero-order valence-corrected chi connectivity index (χ0v) is 17.9. The lowest BCUT2D eigenvalue weighted by Gasteiger charge is -2.14. The van der Waals surface area contributed by atoms with Gasteiger partial charge in [-0.3, -0.25) is 0 Å². The molecule has 0 unspecified atom stereocenters. The van der Waals surface area contributed by atoms with Crippen LogP contribution in [0.25, 0.3) is 5.69 Å². The maximum Gasteiger partial charge on any atom is 0.339 e. The first-order valence-corrected chi connectivity index (χ1v) is 13.0. The third-order valence-corrected chi connectivity index (χ3v) is 5.77. The number of hydrogen-bond donors (Lipinski definition) is 2. The van der Waals surface area contributed by atoms with E-state index in [1.807, 2.05) is 24.6 Å². The fourth-order valence-corrected chi connectivity index (χ4v) is 4.34. The number of hydrogen-bond acceptors (Lipinski definition) is 4. The summed E-state index contributed by atoms with van der Waals surface area (Å²) in [5, 5.41) is 17.5. The molecule has 0 radical (unpaired) electrons. The molecule has 0 saturated heterocycles. The summed E-state index contributed by atoms with van der Waals surface area (Å²) in [5.74, 6) is -0.000108. The first-order valence-electron chi connectivity index (χ1n) is 9.26. The fourth-order valence-electron chi connectivity index (χ4n) is 3.08. The van der Waals surface area contributed by atoms with Crippen molar-refractivity contribution in [3.63, 3.8) is 0 Å². The molecular formula is C21H26N4O2Si. The van der Waals surface area contributed by atoms with Crippen molar-refractivity contribution in [3.05, 3.63) is 65.0 Å². The maximum atomic E-state index is 11.6. The van der Waals surface area contributed by atoms with Gasteiger partial charge in [0, 0.05) is 12.3 Å². The average molecular weight is 395 g/mol. The normalized spacial score (nSPS) is 11.5. The molecule has 0 aliphatic carbocycles. The standard InChI is InChI=1S/C21H26N4O2Si/c1-14-8-9-15(2)18(11-14)25-19(12-16(24-25)13-28(3,4)5)23-20-17(21(26)27)7-6-10-22-20/h6-12H,13H2,1-5H3,(H,22,23)(H,26,27). The quantitative estimate of drug-likeness (QED) is 0.590. The predicted molar refractivity (Wildman–Crippen MR) is 115 cm³/mol. The van der Waals surface area contributed by atoms with Crippen LogP contribution < -0.4 is 5.32 Å². The van der Waals surface area contributed by atoms with Crippen molar-refractivity contribution < 1.29 is 9.90 Å². The summed E-state index contributed by atoms with van der Waals surface area (Å²) in [5.41, 5.74) is 4.32. The van der Waals surface area contributed by atoms with Crippen molar-refractivity contribution in [2.24, 2.45) is 0 Å². The van der Waals surface area contributed by atoms with Crippen LogP contribution in [0, 0.1) is 13.8 Å². The summed E-state index contributed by atoms with van der Waals surface area (Å²) in [6.07, 6.45) is 1.58. The van der Waals surface area contributed by atoms with E-state index in [9.17, 15) is 9.90 Å². The van der Waals surface area contributed by atoms with E-state index in [0.29, 0.717) is 11.6 Å². The molecule has 2 N–H and O–H groups in total. The molecule has 0 bridgehead atoms. The van der Waals surface area contributed by atoms with E-state index < -0.39 is 14.0 Å². The van der Waals surface area contributed by atoms with E-state index in [1.54, 1.807) is 18.3 Å². The molecule has 2 heterocycles.